The number of methoxy groups -OCH3 is 1. The summed E-state index contributed by atoms with van der Waals surface area (Å²) >= 11 is 3.31. The highest BCUT2D eigenvalue weighted by molar-refractivity contribution is 9.10. The lowest BCUT2D eigenvalue weighted by Gasteiger charge is -2.33. The molecule has 0 radical (unpaired) electrons. The van der Waals surface area contributed by atoms with Gasteiger partial charge in [0.15, 0.2) is 0 Å². The molecule has 0 spiro atoms. The van der Waals surface area contributed by atoms with Gasteiger partial charge in [0.1, 0.15) is 5.75 Å². The Morgan fingerprint density at radius 3 is 2.26 bits per heavy atom. The maximum Gasteiger partial charge on any atom is 0.254 e. The van der Waals surface area contributed by atoms with Crippen LogP contribution in [0.15, 0.2) is 63.0 Å². The lowest BCUT2D eigenvalue weighted by molar-refractivity contribution is -0.122. The van der Waals surface area contributed by atoms with Gasteiger partial charge in [-0.15, -0.1) is 0 Å². The number of benzene rings is 2. The molecule has 2 aromatic rings. The van der Waals surface area contributed by atoms with Crippen LogP contribution < -0.4 is 10.2 Å². The molecule has 1 amide bonds. The van der Waals surface area contributed by atoms with Crippen molar-refractivity contribution >= 4 is 37.6 Å². The van der Waals surface area contributed by atoms with E-state index in [1.165, 1.54) is 4.31 Å². The molecule has 1 saturated heterocycles. The second-order valence-corrected chi connectivity index (χ2v) is 9.95. The number of sulfonamides is 1. The van der Waals surface area contributed by atoms with Crippen LogP contribution in [0.2, 0.25) is 0 Å². The third-order valence-corrected chi connectivity index (χ3v) is 7.45. The van der Waals surface area contributed by atoms with Crippen molar-refractivity contribution in [2.24, 2.45) is 5.10 Å². The van der Waals surface area contributed by atoms with Crippen LogP contribution in [-0.4, -0.2) is 69.1 Å². The highest BCUT2D eigenvalue weighted by Gasteiger charge is 2.29. The van der Waals surface area contributed by atoms with Crippen LogP contribution in [0, 0.1) is 0 Å². The predicted molar refractivity (Wildman–Crippen MR) is 123 cm³/mol. The van der Waals surface area contributed by atoms with E-state index in [0.717, 1.165) is 15.8 Å². The summed E-state index contributed by atoms with van der Waals surface area (Å²) in [6, 6.07) is 14.0. The number of nitrogens with zero attached hydrogens (tertiary/aromatic N) is 3. The van der Waals surface area contributed by atoms with E-state index in [-0.39, 0.29) is 17.3 Å². The number of piperazine rings is 1. The smallest absolute Gasteiger partial charge is 0.254 e. The van der Waals surface area contributed by atoms with Gasteiger partial charge in [-0.25, -0.2) is 13.8 Å². The van der Waals surface area contributed by atoms with Gasteiger partial charge in [0.05, 0.1) is 24.3 Å². The maximum atomic E-state index is 12.8. The molecule has 0 aromatic heterocycles. The average molecular weight is 509 g/mol. The zero-order valence-electron chi connectivity index (χ0n) is 17.4. The van der Waals surface area contributed by atoms with Gasteiger partial charge < -0.3 is 4.74 Å². The monoisotopic (exact) mass is 508 g/mol. The molecule has 1 aliphatic heterocycles. The number of carbonyl (C=O) groups is 1. The normalized spacial score (nSPS) is 16.2. The zero-order valence-corrected chi connectivity index (χ0v) is 19.8. The Labute approximate surface area is 191 Å². The molecule has 1 heterocycles. The first-order chi connectivity index (χ1) is 14.8. The molecule has 8 nitrogen and oxygen atoms in total. The van der Waals surface area contributed by atoms with Crippen molar-refractivity contribution in [3.8, 4) is 5.75 Å². The fourth-order valence-corrected chi connectivity index (χ4v) is 4.85. The van der Waals surface area contributed by atoms with Crippen LogP contribution in [0.3, 0.4) is 0 Å². The summed E-state index contributed by atoms with van der Waals surface area (Å²) in [4.78, 5) is 14.4. The Morgan fingerprint density at radius 1 is 1.06 bits per heavy atom. The van der Waals surface area contributed by atoms with Gasteiger partial charge in [0.25, 0.3) is 5.91 Å². The number of hydrazone groups is 1. The molecule has 31 heavy (non-hydrogen) atoms. The first kappa shape index (κ1) is 23.4. The Bertz CT molecular complexity index is 1030. The summed E-state index contributed by atoms with van der Waals surface area (Å²) in [7, 11) is -1.93. The summed E-state index contributed by atoms with van der Waals surface area (Å²) in [5, 5.41) is 4.16. The average Bonchev–Trinajstić information content (AvgIpc) is 2.78. The number of amides is 1. The van der Waals surface area contributed by atoms with E-state index in [4.69, 9.17) is 4.74 Å². The minimum Gasteiger partial charge on any atom is -0.497 e. The molecule has 0 saturated carbocycles. The molecule has 0 unspecified atom stereocenters. The summed E-state index contributed by atoms with van der Waals surface area (Å²) < 4.78 is 32.9. The first-order valence-electron chi connectivity index (χ1n) is 9.75. The second kappa shape index (κ2) is 10.4. The minimum atomic E-state index is -3.53. The largest absolute Gasteiger partial charge is 0.497 e. The predicted octanol–water partition coefficient (Wildman–Crippen LogP) is 2.30. The lowest BCUT2D eigenvalue weighted by Crippen LogP contribution is -2.50. The van der Waals surface area contributed by atoms with Crippen molar-refractivity contribution in [2.45, 2.75) is 11.8 Å². The fraction of sp³-hybridized carbons (Fsp3) is 0.333. The van der Waals surface area contributed by atoms with Gasteiger partial charge in [0, 0.05) is 30.7 Å². The molecule has 0 aliphatic carbocycles. The highest BCUT2D eigenvalue weighted by atomic mass is 79.9. The Hall–Kier alpha value is -2.27. The van der Waals surface area contributed by atoms with Crippen molar-refractivity contribution in [3.63, 3.8) is 0 Å². The van der Waals surface area contributed by atoms with Gasteiger partial charge in [-0.1, -0.05) is 15.9 Å². The summed E-state index contributed by atoms with van der Waals surface area (Å²) in [6.45, 7) is 3.59. The molecule has 1 N–H and O–H groups in total. The molecule has 0 atom stereocenters. The molecule has 1 aliphatic rings. The van der Waals surface area contributed by atoms with Crippen LogP contribution in [0.25, 0.3) is 0 Å². The van der Waals surface area contributed by atoms with E-state index in [1.54, 1.807) is 31.4 Å². The van der Waals surface area contributed by atoms with Crippen LogP contribution in [0.1, 0.15) is 12.5 Å². The van der Waals surface area contributed by atoms with E-state index in [1.807, 2.05) is 36.1 Å². The SMILES string of the molecule is COc1ccc(/C(C)=N\NC(=O)CN2CCN(S(=O)(=O)c3ccc(Br)cc3)CC2)cc1. The topological polar surface area (TPSA) is 91.3 Å². The maximum absolute atomic E-state index is 12.8. The molecule has 3 rings (SSSR count). The van der Waals surface area contributed by atoms with Crippen LogP contribution >= 0.6 is 15.9 Å². The van der Waals surface area contributed by atoms with Crippen LogP contribution in [-0.2, 0) is 14.8 Å². The number of carbonyl (C=O) groups excluding carboxylic acids is 1. The fourth-order valence-electron chi connectivity index (χ4n) is 3.17. The molecule has 10 heteroatoms. The van der Waals surface area contributed by atoms with E-state index in [9.17, 15) is 13.2 Å². The number of hydrogen-bond donors (Lipinski definition) is 1. The van der Waals surface area contributed by atoms with E-state index >= 15 is 0 Å². The number of ether oxygens (including phenoxy) is 1. The molecular formula is C21H25BrN4O4S. The van der Waals surface area contributed by atoms with Crippen LogP contribution in [0.5, 0.6) is 5.75 Å². The third-order valence-electron chi connectivity index (χ3n) is 5.01. The van der Waals surface area contributed by atoms with Gasteiger partial charge in [-0.2, -0.15) is 9.41 Å². The Kier molecular flexibility index (Phi) is 7.82. The van der Waals surface area contributed by atoms with Crippen LogP contribution in [0.4, 0.5) is 0 Å². The lowest BCUT2D eigenvalue weighted by atomic mass is 10.1. The number of rotatable bonds is 7. The summed E-state index contributed by atoms with van der Waals surface area (Å²) in [5.74, 6) is 0.513. The molecule has 1 fully saturated rings. The van der Waals surface area contributed by atoms with Gasteiger partial charge in [-0.3, -0.25) is 9.69 Å². The Morgan fingerprint density at radius 2 is 1.68 bits per heavy atom. The number of hydrogen-bond acceptors (Lipinski definition) is 6. The standard InChI is InChI=1S/C21H25BrN4O4S/c1-16(17-3-7-19(30-2)8-4-17)23-24-21(27)15-25-11-13-26(14-12-25)31(28,29)20-9-5-18(22)6-10-20/h3-10H,11-15H2,1-2H3,(H,24,27)/b23-16-. The van der Waals surface area contributed by atoms with Gasteiger partial charge in [0.2, 0.25) is 10.0 Å². The van der Waals surface area contributed by atoms with Gasteiger partial charge in [-0.05, 0) is 61.0 Å². The quantitative estimate of drug-likeness (QED) is 0.457. The van der Waals surface area contributed by atoms with Crippen molar-refractivity contribution in [2.75, 3.05) is 39.8 Å². The highest BCUT2D eigenvalue weighted by Crippen LogP contribution is 2.20. The summed E-state index contributed by atoms with van der Waals surface area (Å²) in [6.07, 6.45) is 0. The number of halogens is 1. The molecular weight excluding hydrogens is 484 g/mol. The van der Waals surface area contributed by atoms with E-state index in [0.29, 0.717) is 31.9 Å². The van der Waals surface area contributed by atoms with Crippen molar-refractivity contribution < 1.29 is 17.9 Å². The minimum absolute atomic E-state index is 0.158. The summed E-state index contributed by atoms with van der Waals surface area (Å²) in [5.41, 5.74) is 4.13. The second-order valence-electron chi connectivity index (χ2n) is 7.09. The zero-order chi connectivity index (χ0) is 22.4. The van der Waals surface area contributed by atoms with Crippen molar-refractivity contribution in [1.29, 1.82) is 0 Å². The third kappa shape index (κ3) is 6.13. The van der Waals surface area contributed by atoms with Gasteiger partial charge >= 0.3 is 0 Å². The molecule has 2 aromatic carbocycles. The molecule has 0 bridgehead atoms. The number of nitrogens with one attached hydrogen (secondary N) is 1. The Balaban J connectivity index is 1.49. The molecule has 166 valence electrons. The van der Waals surface area contributed by atoms with E-state index < -0.39 is 10.0 Å². The van der Waals surface area contributed by atoms with E-state index in [2.05, 4.69) is 26.5 Å². The van der Waals surface area contributed by atoms with Crippen molar-refractivity contribution in [3.05, 3.63) is 58.6 Å². The first-order valence-corrected chi connectivity index (χ1v) is 12.0. The van der Waals surface area contributed by atoms with Crippen molar-refractivity contribution in [1.82, 2.24) is 14.6 Å².